The molecular formula is C8H14N2S. The molecule has 0 aliphatic heterocycles. The van der Waals surface area contributed by atoms with Gasteiger partial charge < -0.3 is 0 Å². The number of hydrogen-bond donors (Lipinski definition) is 0. The number of aromatic nitrogens is 2. The molecule has 1 atom stereocenters. The van der Waals surface area contributed by atoms with Crippen LogP contribution in [0, 0.1) is 0 Å². The molecule has 2 nitrogen and oxygen atoms in total. The number of rotatable bonds is 4. The zero-order valence-corrected chi connectivity index (χ0v) is 7.90. The largest absolute Gasteiger partial charge is 0.146 e. The highest BCUT2D eigenvalue weighted by Crippen LogP contribution is 2.25. The summed E-state index contributed by atoms with van der Waals surface area (Å²) in [7, 11) is 0. The normalized spacial score (nSPS) is 13.3. The van der Waals surface area contributed by atoms with Crippen molar-refractivity contribution in [2.45, 2.75) is 39.0 Å². The summed E-state index contributed by atoms with van der Waals surface area (Å²) < 4.78 is 3.86. The summed E-state index contributed by atoms with van der Waals surface area (Å²) >= 11 is 1.53. The maximum Gasteiger partial charge on any atom is 0.0655 e. The van der Waals surface area contributed by atoms with Crippen LogP contribution >= 0.6 is 11.5 Å². The fourth-order valence-corrected chi connectivity index (χ4v) is 1.97. The third-order valence-electron chi connectivity index (χ3n) is 1.91. The average molecular weight is 170 g/mol. The molecule has 0 N–H and O–H groups in total. The van der Waals surface area contributed by atoms with E-state index in [2.05, 4.69) is 23.4 Å². The molecule has 1 aromatic rings. The molecule has 62 valence electrons. The molecule has 1 aromatic heterocycles. The Bertz CT molecular complexity index is 184. The smallest absolute Gasteiger partial charge is 0.0655 e. The zero-order valence-electron chi connectivity index (χ0n) is 7.08. The van der Waals surface area contributed by atoms with Gasteiger partial charge in [-0.15, -0.1) is 5.10 Å². The number of hydrogen-bond acceptors (Lipinski definition) is 3. The highest BCUT2D eigenvalue weighted by atomic mass is 32.1. The van der Waals surface area contributed by atoms with Crippen molar-refractivity contribution in [1.82, 2.24) is 9.59 Å². The molecule has 0 radical (unpaired) electrons. The lowest BCUT2D eigenvalue weighted by Crippen LogP contribution is -1.92. The van der Waals surface area contributed by atoms with Crippen LogP contribution in [0.15, 0.2) is 6.20 Å². The van der Waals surface area contributed by atoms with Crippen molar-refractivity contribution in [2.24, 2.45) is 0 Å². The lowest BCUT2D eigenvalue weighted by molar-refractivity contribution is 0.604. The van der Waals surface area contributed by atoms with Gasteiger partial charge in [-0.05, 0) is 30.3 Å². The summed E-state index contributed by atoms with van der Waals surface area (Å²) in [4.78, 5) is 1.34. The van der Waals surface area contributed by atoms with Gasteiger partial charge in [-0.3, -0.25) is 0 Å². The maximum absolute atomic E-state index is 3.86. The van der Waals surface area contributed by atoms with Crippen molar-refractivity contribution >= 4 is 11.5 Å². The molecule has 0 spiro atoms. The van der Waals surface area contributed by atoms with Crippen molar-refractivity contribution < 1.29 is 0 Å². The fraction of sp³-hybridized carbons (Fsp3) is 0.750. The Hall–Kier alpha value is -0.440. The molecule has 1 heterocycles. The Labute approximate surface area is 71.8 Å². The zero-order chi connectivity index (χ0) is 8.10. The average Bonchev–Trinajstić information content (AvgIpc) is 2.52. The molecule has 0 saturated heterocycles. The van der Waals surface area contributed by atoms with E-state index in [1.54, 1.807) is 0 Å². The summed E-state index contributed by atoms with van der Waals surface area (Å²) in [5, 5.41) is 3.84. The molecule has 0 aliphatic carbocycles. The van der Waals surface area contributed by atoms with E-state index in [0.717, 1.165) is 0 Å². The Morgan fingerprint density at radius 3 is 2.82 bits per heavy atom. The van der Waals surface area contributed by atoms with Gasteiger partial charge in [0.25, 0.3) is 0 Å². The van der Waals surface area contributed by atoms with Crippen LogP contribution in [-0.4, -0.2) is 9.59 Å². The van der Waals surface area contributed by atoms with Gasteiger partial charge in [-0.2, -0.15) is 0 Å². The molecule has 0 aromatic carbocycles. The second-order valence-corrected chi connectivity index (χ2v) is 3.53. The van der Waals surface area contributed by atoms with Crippen LogP contribution in [0.2, 0.25) is 0 Å². The highest BCUT2D eigenvalue weighted by Gasteiger charge is 2.09. The highest BCUT2D eigenvalue weighted by molar-refractivity contribution is 7.05. The minimum atomic E-state index is 0.694. The van der Waals surface area contributed by atoms with Crippen LogP contribution in [0.25, 0.3) is 0 Å². The van der Waals surface area contributed by atoms with Gasteiger partial charge in [-0.1, -0.05) is 24.8 Å². The monoisotopic (exact) mass is 170 g/mol. The molecule has 0 amide bonds. The van der Waals surface area contributed by atoms with Crippen LogP contribution in [-0.2, 0) is 0 Å². The summed E-state index contributed by atoms with van der Waals surface area (Å²) in [6.07, 6.45) is 5.61. The van der Waals surface area contributed by atoms with E-state index >= 15 is 0 Å². The molecule has 3 heteroatoms. The first kappa shape index (κ1) is 8.65. The van der Waals surface area contributed by atoms with Gasteiger partial charge in [0, 0.05) is 4.88 Å². The minimum Gasteiger partial charge on any atom is -0.146 e. The molecule has 1 unspecified atom stereocenters. The fourth-order valence-electron chi connectivity index (χ4n) is 1.25. The Kier molecular flexibility index (Phi) is 3.49. The topological polar surface area (TPSA) is 25.8 Å². The Morgan fingerprint density at radius 2 is 2.36 bits per heavy atom. The summed E-state index contributed by atoms with van der Waals surface area (Å²) in [6, 6.07) is 0. The third-order valence-corrected chi connectivity index (χ3v) is 2.74. The predicted octanol–water partition coefficient (Wildman–Crippen LogP) is 2.83. The first-order valence-corrected chi connectivity index (χ1v) is 4.93. The minimum absolute atomic E-state index is 0.694. The van der Waals surface area contributed by atoms with Crippen molar-refractivity contribution in [3.8, 4) is 0 Å². The summed E-state index contributed by atoms with van der Waals surface area (Å²) in [6.45, 7) is 4.44. The van der Waals surface area contributed by atoms with E-state index in [-0.39, 0.29) is 0 Å². The van der Waals surface area contributed by atoms with Gasteiger partial charge in [0.1, 0.15) is 0 Å². The Morgan fingerprint density at radius 1 is 1.55 bits per heavy atom. The summed E-state index contributed by atoms with van der Waals surface area (Å²) in [5.74, 6) is 0.694. The summed E-state index contributed by atoms with van der Waals surface area (Å²) in [5.41, 5.74) is 0. The number of nitrogens with zero attached hydrogens (tertiary/aromatic N) is 2. The van der Waals surface area contributed by atoms with E-state index in [0.29, 0.717) is 5.92 Å². The Balaban J connectivity index is 2.56. The van der Waals surface area contributed by atoms with Crippen LogP contribution in [0.4, 0.5) is 0 Å². The molecule has 11 heavy (non-hydrogen) atoms. The SMILES string of the molecule is CCCC(CC)c1cnns1. The van der Waals surface area contributed by atoms with Crippen LogP contribution in [0.1, 0.15) is 43.9 Å². The molecule has 0 fully saturated rings. The molecule has 1 rings (SSSR count). The first-order valence-electron chi connectivity index (χ1n) is 4.15. The second kappa shape index (κ2) is 4.44. The lowest BCUT2D eigenvalue weighted by atomic mass is 10.00. The van der Waals surface area contributed by atoms with E-state index < -0.39 is 0 Å². The third kappa shape index (κ3) is 2.26. The first-order chi connectivity index (χ1) is 5.38. The molecule has 0 bridgehead atoms. The van der Waals surface area contributed by atoms with Gasteiger partial charge in [0.05, 0.1) is 6.20 Å². The molecular weight excluding hydrogens is 156 g/mol. The molecule has 0 aliphatic rings. The van der Waals surface area contributed by atoms with Crippen LogP contribution in [0.3, 0.4) is 0 Å². The van der Waals surface area contributed by atoms with Crippen molar-refractivity contribution in [2.75, 3.05) is 0 Å². The standard InChI is InChI=1S/C8H14N2S/c1-3-5-7(4-2)8-6-9-10-11-8/h6-7H,3-5H2,1-2H3. The van der Waals surface area contributed by atoms with Crippen LogP contribution in [0.5, 0.6) is 0 Å². The van der Waals surface area contributed by atoms with Crippen LogP contribution < -0.4 is 0 Å². The van der Waals surface area contributed by atoms with Crippen molar-refractivity contribution in [3.05, 3.63) is 11.1 Å². The van der Waals surface area contributed by atoms with E-state index in [4.69, 9.17) is 0 Å². The van der Waals surface area contributed by atoms with E-state index in [1.807, 2.05) is 6.20 Å². The van der Waals surface area contributed by atoms with Gasteiger partial charge in [0.2, 0.25) is 0 Å². The quantitative estimate of drug-likeness (QED) is 0.694. The van der Waals surface area contributed by atoms with Gasteiger partial charge in [0.15, 0.2) is 0 Å². The van der Waals surface area contributed by atoms with Gasteiger partial charge >= 0.3 is 0 Å². The van der Waals surface area contributed by atoms with Gasteiger partial charge in [-0.25, -0.2) is 0 Å². The van der Waals surface area contributed by atoms with E-state index in [9.17, 15) is 0 Å². The lowest BCUT2D eigenvalue weighted by Gasteiger charge is -2.08. The maximum atomic E-state index is 3.86. The van der Waals surface area contributed by atoms with Crippen molar-refractivity contribution in [1.29, 1.82) is 0 Å². The molecule has 0 saturated carbocycles. The second-order valence-electron chi connectivity index (χ2n) is 2.71. The van der Waals surface area contributed by atoms with Crippen molar-refractivity contribution in [3.63, 3.8) is 0 Å². The predicted molar refractivity (Wildman–Crippen MR) is 47.8 cm³/mol. The van der Waals surface area contributed by atoms with E-state index in [1.165, 1.54) is 35.7 Å².